The van der Waals surface area contributed by atoms with Crippen LogP contribution in [0.2, 0.25) is 0 Å². The average Bonchev–Trinajstić information content (AvgIpc) is 3.59. The Morgan fingerprint density at radius 1 is 1.04 bits per heavy atom. The molecule has 0 radical (unpaired) electrons. The molecule has 11 heteroatoms. The first kappa shape index (κ1) is 32.6. The van der Waals surface area contributed by atoms with Gasteiger partial charge in [0.05, 0.1) is 34.5 Å². The van der Waals surface area contributed by atoms with Crippen molar-refractivity contribution in [2.75, 3.05) is 51.3 Å². The number of benzene rings is 1. The zero-order chi connectivity index (χ0) is 32.7. The number of fused-ring (bicyclic) bond motifs is 1. The zero-order valence-electron chi connectivity index (χ0n) is 27.4. The standard InChI is InChI=1S/C35H46FN5O4S/c1-23(2)38(4)35(43)30-15-29(36)5-6-31(30)41-18-24(3)34-28(16-37-17-32(34)41)13-26-7-10-39(20-26)19-25-8-11-40(12-9-25)33(42)14-27-21-46(44,45)22-27/h5-6,15-18,23,25-27H,7-14,19-22H2,1-4H3. The summed E-state index contributed by atoms with van der Waals surface area (Å²) in [4.78, 5) is 36.8. The Kier molecular flexibility index (Phi) is 9.26. The molecule has 3 saturated heterocycles. The van der Waals surface area contributed by atoms with Gasteiger partial charge in [-0.05, 0) is 100 Å². The molecule has 5 heterocycles. The number of likely N-dealkylation sites (tertiary alicyclic amines) is 2. The molecule has 0 bridgehead atoms. The van der Waals surface area contributed by atoms with Crippen LogP contribution in [0.5, 0.6) is 0 Å². The predicted octanol–water partition coefficient (Wildman–Crippen LogP) is 4.49. The van der Waals surface area contributed by atoms with Crippen molar-refractivity contribution in [2.24, 2.45) is 17.8 Å². The van der Waals surface area contributed by atoms with Crippen molar-refractivity contribution in [3.63, 3.8) is 0 Å². The maximum atomic E-state index is 14.4. The van der Waals surface area contributed by atoms with Gasteiger partial charge in [0.15, 0.2) is 9.84 Å². The first-order valence-corrected chi connectivity index (χ1v) is 18.4. The summed E-state index contributed by atoms with van der Waals surface area (Å²) in [7, 11) is -1.15. The van der Waals surface area contributed by atoms with Gasteiger partial charge in [0.1, 0.15) is 5.82 Å². The molecule has 3 aromatic rings. The van der Waals surface area contributed by atoms with Gasteiger partial charge in [0, 0.05) is 63.5 Å². The van der Waals surface area contributed by atoms with Gasteiger partial charge < -0.3 is 19.3 Å². The van der Waals surface area contributed by atoms with E-state index in [9.17, 15) is 22.4 Å². The zero-order valence-corrected chi connectivity index (χ0v) is 28.2. The number of hydrogen-bond acceptors (Lipinski definition) is 6. The highest BCUT2D eigenvalue weighted by molar-refractivity contribution is 7.92. The van der Waals surface area contributed by atoms with Crippen molar-refractivity contribution < 1.29 is 22.4 Å². The van der Waals surface area contributed by atoms with Crippen molar-refractivity contribution in [1.29, 1.82) is 0 Å². The molecular weight excluding hydrogens is 605 g/mol. The summed E-state index contributed by atoms with van der Waals surface area (Å²) in [5.41, 5.74) is 4.18. The number of hydrogen-bond donors (Lipinski definition) is 0. The summed E-state index contributed by atoms with van der Waals surface area (Å²) in [6.45, 7) is 10.6. The normalized spacial score (nSPS) is 20.8. The van der Waals surface area contributed by atoms with Crippen LogP contribution in [0, 0.1) is 30.5 Å². The minimum absolute atomic E-state index is 0.00136. The van der Waals surface area contributed by atoms with Gasteiger partial charge in [-0.25, -0.2) is 12.8 Å². The number of aromatic nitrogens is 2. The highest BCUT2D eigenvalue weighted by Gasteiger charge is 2.36. The number of pyridine rings is 1. The lowest BCUT2D eigenvalue weighted by molar-refractivity contribution is -0.133. The molecule has 0 aliphatic carbocycles. The molecule has 0 spiro atoms. The Bertz CT molecular complexity index is 1720. The number of aryl methyl sites for hydroxylation is 1. The first-order valence-electron chi connectivity index (χ1n) is 16.6. The maximum absolute atomic E-state index is 14.4. The second-order valence-electron chi connectivity index (χ2n) is 14.1. The van der Waals surface area contributed by atoms with Crippen LogP contribution in [0.4, 0.5) is 4.39 Å². The molecule has 1 aromatic carbocycles. The Balaban J connectivity index is 1.09. The molecule has 2 aromatic heterocycles. The fourth-order valence-electron chi connectivity index (χ4n) is 7.58. The third-order valence-electron chi connectivity index (χ3n) is 10.3. The van der Waals surface area contributed by atoms with Crippen LogP contribution in [0.3, 0.4) is 0 Å². The quantitative estimate of drug-likeness (QED) is 0.339. The Morgan fingerprint density at radius 2 is 1.76 bits per heavy atom. The summed E-state index contributed by atoms with van der Waals surface area (Å²) >= 11 is 0. The summed E-state index contributed by atoms with van der Waals surface area (Å²) < 4.78 is 39.2. The summed E-state index contributed by atoms with van der Waals surface area (Å²) in [6.07, 6.45) is 10.2. The minimum Gasteiger partial charge on any atom is -0.343 e. The molecule has 3 fully saturated rings. The van der Waals surface area contributed by atoms with Crippen molar-refractivity contribution in [3.8, 4) is 5.69 Å². The molecule has 6 rings (SSSR count). The van der Waals surface area contributed by atoms with Crippen LogP contribution in [0.1, 0.15) is 61.0 Å². The summed E-state index contributed by atoms with van der Waals surface area (Å²) in [5, 5.41) is 1.14. The van der Waals surface area contributed by atoms with E-state index in [1.807, 2.05) is 41.9 Å². The highest BCUT2D eigenvalue weighted by Crippen LogP contribution is 2.33. The number of nitrogens with zero attached hydrogens (tertiary/aromatic N) is 5. The lowest BCUT2D eigenvalue weighted by Crippen LogP contribution is -2.44. The predicted molar refractivity (Wildman–Crippen MR) is 177 cm³/mol. The van der Waals surface area contributed by atoms with Gasteiger partial charge in [-0.3, -0.25) is 14.6 Å². The van der Waals surface area contributed by atoms with E-state index in [4.69, 9.17) is 0 Å². The highest BCUT2D eigenvalue weighted by atomic mass is 32.2. The molecule has 248 valence electrons. The molecule has 3 aliphatic heterocycles. The average molecular weight is 652 g/mol. The van der Waals surface area contributed by atoms with E-state index >= 15 is 0 Å². The molecule has 46 heavy (non-hydrogen) atoms. The Hall–Kier alpha value is -3.31. The van der Waals surface area contributed by atoms with E-state index in [1.54, 1.807) is 18.0 Å². The van der Waals surface area contributed by atoms with Gasteiger partial charge in [-0.1, -0.05) is 0 Å². The third-order valence-corrected chi connectivity index (χ3v) is 12.3. The van der Waals surface area contributed by atoms with E-state index < -0.39 is 15.7 Å². The van der Waals surface area contributed by atoms with Crippen LogP contribution < -0.4 is 0 Å². The minimum atomic E-state index is -2.89. The molecular formula is C35H46FN5O4S. The van der Waals surface area contributed by atoms with Crippen LogP contribution in [-0.4, -0.2) is 102 Å². The smallest absolute Gasteiger partial charge is 0.256 e. The van der Waals surface area contributed by atoms with Crippen molar-refractivity contribution in [1.82, 2.24) is 24.3 Å². The third kappa shape index (κ3) is 6.86. The fourth-order valence-corrected chi connectivity index (χ4v) is 9.15. The van der Waals surface area contributed by atoms with Crippen molar-refractivity contribution >= 4 is 32.6 Å². The van der Waals surface area contributed by atoms with Crippen LogP contribution in [0.15, 0.2) is 36.8 Å². The van der Waals surface area contributed by atoms with Crippen LogP contribution >= 0.6 is 0 Å². The number of piperidine rings is 1. The lowest BCUT2D eigenvalue weighted by Gasteiger charge is -2.35. The topological polar surface area (TPSA) is 95.8 Å². The molecule has 3 aliphatic rings. The van der Waals surface area contributed by atoms with Gasteiger partial charge >= 0.3 is 0 Å². The molecule has 2 amide bonds. The summed E-state index contributed by atoms with van der Waals surface area (Å²) in [6, 6.07) is 4.39. The number of carbonyl (C=O) groups excluding carboxylic acids is 2. The second kappa shape index (κ2) is 13.1. The Morgan fingerprint density at radius 3 is 2.46 bits per heavy atom. The van der Waals surface area contributed by atoms with Gasteiger partial charge in [0.25, 0.3) is 5.91 Å². The van der Waals surface area contributed by atoms with E-state index in [1.165, 1.54) is 17.7 Å². The molecule has 9 nitrogen and oxygen atoms in total. The number of halogens is 1. The molecule has 0 saturated carbocycles. The van der Waals surface area contributed by atoms with Gasteiger partial charge in [0.2, 0.25) is 5.91 Å². The number of amides is 2. The molecule has 1 unspecified atom stereocenters. The number of rotatable bonds is 9. The number of sulfone groups is 1. The van der Waals surface area contributed by atoms with Crippen molar-refractivity contribution in [3.05, 3.63) is 59.3 Å². The van der Waals surface area contributed by atoms with E-state index in [0.29, 0.717) is 29.5 Å². The van der Waals surface area contributed by atoms with Crippen LogP contribution in [0.25, 0.3) is 16.6 Å². The number of carbonyl (C=O) groups is 2. The maximum Gasteiger partial charge on any atom is 0.256 e. The van der Waals surface area contributed by atoms with Gasteiger partial charge in [-0.15, -0.1) is 0 Å². The van der Waals surface area contributed by atoms with Crippen LogP contribution in [-0.2, 0) is 21.1 Å². The van der Waals surface area contributed by atoms with Crippen molar-refractivity contribution in [2.45, 2.75) is 58.9 Å². The first-order chi connectivity index (χ1) is 21.9. The largest absolute Gasteiger partial charge is 0.343 e. The Labute approximate surface area is 271 Å². The second-order valence-corrected chi connectivity index (χ2v) is 16.3. The SMILES string of the molecule is Cc1cn(-c2ccc(F)cc2C(=O)N(C)C(C)C)c2cncc(CC3CCN(CC4CCN(C(=O)CC5CS(=O)(=O)C5)CC4)C3)c12. The monoisotopic (exact) mass is 651 g/mol. The van der Waals surface area contributed by atoms with E-state index in [2.05, 4.69) is 16.8 Å². The van der Waals surface area contributed by atoms with E-state index in [-0.39, 0.29) is 35.3 Å². The summed E-state index contributed by atoms with van der Waals surface area (Å²) in [5.74, 6) is 0.848. The van der Waals surface area contributed by atoms with Gasteiger partial charge in [-0.2, -0.15) is 0 Å². The fraction of sp³-hybridized carbons (Fsp3) is 0.571. The lowest BCUT2D eigenvalue weighted by atomic mass is 9.95. The molecule has 0 N–H and O–H groups in total. The van der Waals surface area contributed by atoms with E-state index in [0.717, 1.165) is 74.9 Å². The molecule has 1 atom stereocenters.